The van der Waals surface area contributed by atoms with Crippen LogP contribution in [0.5, 0.6) is 5.75 Å². The summed E-state index contributed by atoms with van der Waals surface area (Å²) >= 11 is 0. The number of rotatable bonds is 1. The monoisotopic (exact) mass is 154 g/mol. The second kappa shape index (κ2) is 2.74. The Hall–Kier alpha value is -1.32. The van der Waals surface area contributed by atoms with Crippen LogP contribution in [0.1, 0.15) is 19.9 Å². The van der Waals surface area contributed by atoms with Crippen LogP contribution in [0.2, 0.25) is 0 Å². The summed E-state index contributed by atoms with van der Waals surface area (Å²) in [5, 5.41) is 12.6. The molecular weight excluding hydrogens is 144 g/mol. The van der Waals surface area contributed by atoms with E-state index >= 15 is 0 Å². The van der Waals surface area contributed by atoms with Gasteiger partial charge in [-0.15, -0.1) is 0 Å². The standard InChI is InChI=1S/C7H10N2O2/c1-5(2)9-7(11)3-6(10)4-8-9/h3-5,10H,1-2H3. The van der Waals surface area contributed by atoms with Crippen LogP contribution in [0.3, 0.4) is 0 Å². The molecule has 11 heavy (non-hydrogen) atoms. The third kappa shape index (κ3) is 1.58. The Balaban J connectivity index is 3.21. The molecule has 0 radical (unpaired) electrons. The van der Waals surface area contributed by atoms with E-state index in [0.29, 0.717) is 0 Å². The summed E-state index contributed by atoms with van der Waals surface area (Å²) < 4.78 is 1.31. The van der Waals surface area contributed by atoms with E-state index < -0.39 is 0 Å². The van der Waals surface area contributed by atoms with Crippen LogP contribution < -0.4 is 5.56 Å². The molecule has 0 spiro atoms. The minimum Gasteiger partial charge on any atom is -0.506 e. The van der Waals surface area contributed by atoms with E-state index in [9.17, 15) is 4.79 Å². The minimum absolute atomic E-state index is 0.0306. The van der Waals surface area contributed by atoms with Gasteiger partial charge in [0, 0.05) is 6.07 Å². The van der Waals surface area contributed by atoms with E-state index in [1.165, 1.54) is 10.9 Å². The van der Waals surface area contributed by atoms with E-state index in [2.05, 4.69) is 5.10 Å². The van der Waals surface area contributed by atoms with Gasteiger partial charge in [0.15, 0.2) is 0 Å². The largest absolute Gasteiger partial charge is 0.506 e. The lowest BCUT2D eigenvalue weighted by Crippen LogP contribution is -2.22. The average molecular weight is 154 g/mol. The van der Waals surface area contributed by atoms with Gasteiger partial charge < -0.3 is 5.11 Å². The molecule has 1 heterocycles. The topological polar surface area (TPSA) is 55.1 Å². The maximum atomic E-state index is 11.0. The summed E-state index contributed by atoms with van der Waals surface area (Å²) in [6.45, 7) is 3.71. The maximum absolute atomic E-state index is 11.0. The van der Waals surface area contributed by atoms with Crippen molar-refractivity contribution < 1.29 is 5.11 Å². The van der Waals surface area contributed by atoms with Crippen molar-refractivity contribution >= 4 is 0 Å². The molecule has 0 aliphatic rings. The van der Waals surface area contributed by atoms with Gasteiger partial charge in [-0.1, -0.05) is 0 Å². The third-order valence-electron chi connectivity index (χ3n) is 1.30. The molecule has 0 unspecified atom stereocenters. The first kappa shape index (κ1) is 7.78. The van der Waals surface area contributed by atoms with Crippen molar-refractivity contribution in [3.05, 3.63) is 22.6 Å². The van der Waals surface area contributed by atoms with E-state index in [-0.39, 0.29) is 17.4 Å². The van der Waals surface area contributed by atoms with Crippen molar-refractivity contribution in [3.8, 4) is 5.75 Å². The van der Waals surface area contributed by atoms with E-state index in [4.69, 9.17) is 5.11 Å². The van der Waals surface area contributed by atoms with Gasteiger partial charge in [0.1, 0.15) is 5.75 Å². The van der Waals surface area contributed by atoms with E-state index in [1.54, 1.807) is 0 Å². The summed E-state index contributed by atoms with van der Waals surface area (Å²) in [5.41, 5.74) is -0.278. The summed E-state index contributed by atoms with van der Waals surface area (Å²) in [6.07, 6.45) is 1.25. The third-order valence-corrected chi connectivity index (χ3v) is 1.30. The molecule has 0 saturated heterocycles. The molecule has 0 aromatic carbocycles. The molecular formula is C7H10N2O2. The quantitative estimate of drug-likeness (QED) is 0.642. The highest BCUT2D eigenvalue weighted by Crippen LogP contribution is 2.01. The number of aromatic hydroxyl groups is 1. The van der Waals surface area contributed by atoms with Crippen molar-refractivity contribution in [2.75, 3.05) is 0 Å². The predicted octanol–water partition coefficient (Wildman–Crippen LogP) is 0.530. The maximum Gasteiger partial charge on any atom is 0.270 e. The van der Waals surface area contributed by atoms with Gasteiger partial charge in [-0.05, 0) is 13.8 Å². The highest BCUT2D eigenvalue weighted by molar-refractivity contribution is 5.10. The summed E-state index contributed by atoms with van der Waals surface area (Å²) in [5.74, 6) is -0.0908. The molecule has 1 aromatic rings. The predicted molar refractivity (Wildman–Crippen MR) is 40.5 cm³/mol. The zero-order valence-electron chi connectivity index (χ0n) is 6.48. The SMILES string of the molecule is CC(C)n1ncc(O)cc1=O. The smallest absolute Gasteiger partial charge is 0.270 e. The van der Waals surface area contributed by atoms with Crippen molar-refractivity contribution in [3.63, 3.8) is 0 Å². The summed E-state index contributed by atoms with van der Waals surface area (Å²) in [4.78, 5) is 11.0. The van der Waals surface area contributed by atoms with Crippen LogP contribution in [0.4, 0.5) is 0 Å². The van der Waals surface area contributed by atoms with E-state index in [0.717, 1.165) is 6.07 Å². The fraction of sp³-hybridized carbons (Fsp3) is 0.429. The average Bonchev–Trinajstić information content (AvgIpc) is 1.85. The fourth-order valence-electron chi connectivity index (χ4n) is 0.796. The second-order valence-corrected chi connectivity index (χ2v) is 2.59. The summed E-state index contributed by atoms with van der Waals surface area (Å²) in [6, 6.07) is 1.18. The molecule has 1 rings (SSSR count). The summed E-state index contributed by atoms with van der Waals surface area (Å²) in [7, 11) is 0. The first-order valence-corrected chi connectivity index (χ1v) is 3.39. The molecule has 1 aromatic heterocycles. The van der Waals surface area contributed by atoms with Crippen LogP contribution in [-0.4, -0.2) is 14.9 Å². The number of nitrogens with zero attached hydrogens (tertiary/aromatic N) is 2. The van der Waals surface area contributed by atoms with Crippen LogP contribution in [0.15, 0.2) is 17.1 Å². The highest BCUT2D eigenvalue weighted by atomic mass is 16.3. The number of hydrogen-bond donors (Lipinski definition) is 1. The zero-order valence-corrected chi connectivity index (χ0v) is 6.48. The molecule has 0 aliphatic carbocycles. The van der Waals surface area contributed by atoms with Gasteiger partial charge >= 0.3 is 0 Å². The lowest BCUT2D eigenvalue weighted by Gasteiger charge is -2.05. The van der Waals surface area contributed by atoms with Crippen LogP contribution >= 0.6 is 0 Å². The van der Waals surface area contributed by atoms with Crippen molar-refractivity contribution in [1.82, 2.24) is 9.78 Å². The molecule has 60 valence electrons. The van der Waals surface area contributed by atoms with Gasteiger partial charge in [0.25, 0.3) is 5.56 Å². The van der Waals surface area contributed by atoms with E-state index in [1.807, 2.05) is 13.8 Å². The molecule has 4 heteroatoms. The normalized spacial score (nSPS) is 10.5. The van der Waals surface area contributed by atoms with Gasteiger partial charge in [0.05, 0.1) is 12.2 Å². The fourth-order valence-corrected chi connectivity index (χ4v) is 0.796. The molecule has 0 bridgehead atoms. The van der Waals surface area contributed by atoms with Crippen molar-refractivity contribution in [2.45, 2.75) is 19.9 Å². The van der Waals surface area contributed by atoms with Crippen molar-refractivity contribution in [1.29, 1.82) is 0 Å². The Labute approximate surface area is 64.1 Å². The van der Waals surface area contributed by atoms with Crippen LogP contribution in [-0.2, 0) is 0 Å². The van der Waals surface area contributed by atoms with Crippen LogP contribution in [0.25, 0.3) is 0 Å². The molecule has 0 atom stereocenters. The zero-order chi connectivity index (χ0) is 8.43. The van der Waals surface area contributed by atoms with Gasteiger partial charge in [-0.2, -0.15) is 5.10 Å². The first-order valence-electron chi connectivity index (χ1n) is 3.39. The Bertz CT molecular complexity index is 304. The molecule has 0 aliphatic heterocycles. The van der Waals surface area contributed by atoms with Crippen molar-refractivity contribution in [2.24, 2.45) is 0 Å². The molecule has 4 nitrogen and oxygen atoms in total. The Morgan fingerprint density at radius 1 is 1.64 bits per heavy atom. The molecule has 0 amide bonds. The lowest BCUT2D eigenvalue weighted by atomic mass is 10.4. The Morgan fingerprint density at radius 2 is 2.27 bits per heavy atom. The Kier molecular flexibility index (Phi) is 1.94. The van der Waals surface area contributed by atoms with Gasteiger partial charge in [-0.25, -0.2) is 4.68 Å². The number of aromatic nitrogens is 2. The molecule has 0 saturated carbocycles. The highest BCUT2D eigenvalue weighted by Gasteiger charge is 2.01. The molecule has 1 N–H and O–H groups in total. The Morgan fingerprint density at radius 3 is 2.73 bits per heavy atom. The van der Waals surface area contributed by atoms with Crippen LogP contribution in [0, 0.1) is 0 Å². The van der Waals surface area contributed by atoms with Gasteiger partial charge in [-0.3, -0.25) is 4.79 Å². The van der Waals surface area contributed by atoms with Gasteiger partial charge in [0.2, 0.25) is 0 Å². The first-order chi connectivity index (χ1) is 5.11. The second-order valence-electron chi connectivity index (χ2n) is 2.59. The molecule has 0 fully saturated rings. The number of hydrogen-bond acceptors (Lipinski definition) is 3. The minimum atomic E-state index is -0.278. The lowest BCUT2D eigenvalue weighted by molar-refractivity contribution is 0.446.